The molecule has 1 aliphatic rings. The van der Waals surface area contributed by atoms with Crippen molar-refractivity contribution in [2.45, 2.75) is 32.0 Å². The van der Waals surface area contributed by atoms with E-state index in [1.165, 1.54) is 5.56 Å². The average molecular weight is 238 g/mol. The zero-order valence-corrected chi connectivity index (χ0v) is 10.7. The van der Waals surface area contributed by atoms with Gasteiger partial charge in [0.2, 0.25) is 0 Å². The van der Waals surface area contributed by atoms with E-state index >= 15 is 0 Å². The van der Waals surface area contributed by atoms with E-state index in [9.17, 15) is 0 Å². The molecule has 0 radical (unpaired) electrons. The summed E-state index contributed by atoms with van der Waals surface area (Å²) in [7, 11) is 2.18. The van der Waals surface area contributed by atoms with Crippen LogP contribution in [0.2, 0.25) is 0 Å². The molecule has 4 heteroatoms. The minimum atomic E-state index is 0.369. The Balaban J connectivity index is 1.61. The van der Waals surface area contributed by atoms with Crippen LogP contribution < -0.4 is 5.32 Å². The van der Waals surface area contributed by atoms with Gasteiger partial charge in [0.05, 0.1) is 18.6 Å². The zero-order valence-electron chi connectivity index (χ0n) is 10.7. The summed E-state index contributed by atoms with van der Waals surface area (Å²) in [6, 6.07) is 2.56. The number of likely N-dealkylation sites (N-methyl/N-ethyl adjacent to an activating group) is 1. The summed E-state index contributed by atoms with van der Waals surface area (Å²) in [6.07, 6.45) is 5.01. The van der Waals surface area contributed by atoms with Gasteiger partial charge in [-0.25, -0.2) is 0 Å². The summed E-state index contributed by atoms with van der Waals surface area (Å²) in [6.45, 7) is 5.98. The highest BCUT2D eigenvalue weighted by molar-refractivity contribution is 5.04. The van der Waals surface area contributed by atoms with Crippen molar-refractivity contribution in [2.24, 2.45) is 0 Å². The van der Waals surface area contributed by atoms with Crippen molar-refractivity contribution in [3.63, 3.8) is 0 Å². The van der Waals surface area contributed by atoms with Crippen LogP contribution in [0.5, 0.6) is 0 Å². The zero-order chi connectivity index (χ0) is 12.1. The smallest absolute Gasteiger partial charge is 0.0947 e. The van der Waals surface area contributed by atoms with Gasteiger partial charge >= 0.3 is 0 Å². The Morgan fingerprint density at radius 1 is 1.53 bits per heavy atom. The minimum Gasteiger partial charge on any atom is -0.472 e. The molecule has 1 saturated heterocycles. The first-order valence-corrected chi connectivity index (χ1v) is 6.31. The van der Waals surface area contributed by atoms with Gasteiger partial charge in [-0.3, -0.25) is 4.90 Å². The van der Waals surface area contributed by atoms with Crippen molar-refractivity contribution in [1.82, 2.24) is 10.2 Å². The molecule has 0 amide bonds. The normalized spacial score (nSPS) is 24.6. The SMILES string of the molecule is CC1OCCC1N(C)CCNCc1ccoc1. The van der Waals surface area contributed by atoms with Crippen LogP contribution in [-0.4, -0.2) is 43.8 Å². The Bertz CT molecular complexity index is 313. The lowest BCUT2D eigenvalue weighted by Gasteiger charge is -2.26. The van der Waals surface area contributed by atoms with Crippen LogP contribution in [0.3, 0.4) is 0 Å². The highest BCUT2D eigenvalue weighted by atomic mass is 16.5. The van der Waals surface area contributed by atoms with Gasteiger partial charge in [0.15, 0.2) is 0 Å². The Morgan fingerprint density at radius 2 is 2.41 bits per heavy atom. The predicted octanol–water partition coefficient (Wildman–Crippen LogP) is 1.48. The topological polar surface area (TPSA) is 37.6 Å². The summed E-state index contributed by atoms with van der Waals surface area (Å²) in [5.74, 6) is 0. The first-order valence-electron chi connectivity index (χ1n) is 6.31. The van der Waals surface area contributed by atoms with Gasteiger partial charge in [0.25, 0.3) is 0 Å². The van der Waals surface area contributed by atoms with E-state index in [1.807, 2.05) is 6.07 Å². The van der Waals surface area contributed by atoms with Crippen molar-refractivity contribution >= 4 is 0 Å². The molecule has 1 aliphatic heterocycles. The molecule has 4 nitrogen and oxygen atoms in total. The molecule has 2 rings (SSSR count). The molecule has 0 aromatic carbocycles. The lowest BCUT2D eigenvalue weighted by molar-refractivity contribution is 0.0840. The fourth-order valence-corrected chi connectivity index (χ4v) is 2.35. The molecule has 2 atom stereocenters. The molecule has 1 fully saturated rings. The van der Waals surface area contributed by atoms with Crippen LogP contribution >= 0.6 is 0 Å². The molecule has 0 spiro atoms. The monoisotopic (exact) mass is 238 g/mol. The fourth-order valence-electron chi connectivity index (χ4n) is 2.35. The molecule has 0 bridgehead atoms. The third-order valence-corrected chi connectivity index (χ3v) is 3.45. The number of nitrogens with zero attached hydrogens (tertiary/aromatic N) is 1. The third-order valence-electron chi connectivity index (χ3n) is 3.45. The summed E-state index contributed by atoms with van der Waals surface area (Å²) in [5.41, 5.74) is 1.20. The molecule has 1 aromatic heterocycles. The second-order valence-corrected chi connectivity index (χ2v) is 4.72. The van der Waals surface area contributed by atoms with Crippen LogP contribution in [0.15, 0.2) is 23.0 Å². The lowest BCUT2D eigenvalue weighted by atomic mass is 10.1. The minimum absolute atomic E-state index is 0.369. The molecule has 1 aromatic rings. The van der Waals surface area contributed by atoms with Crippen LogP contribution in [0, 0.1) is 0 Å². The maximum atomic E-state index is 5.58. The van der Waals surface area contributed by atoms with Gasteiger partial charge in [0.1, 0.15) is 0 Å². The predicted molar refractivity (Wildman–Crippen MR) is 66.9 cm³/mol. The Morgan fingerprint density at radius 3 is 3.06 bits per heavy atom. The molecule has 2 heterocycles. The second-order valence-electron chi connectivity index (χ2n) is 4.72. The maximum absolute atomic E-state index is 5.58. The number of rotatable bonds is 6. The Hall–Kier alpha value is -0.840. The molecule has 1 N–H and O–H groups in total. The van der Waals surface area contributed by atoms with Gasteiger partial charge < -0.3 is 14.5 Å². The third kappa shape index (κ3) is 3.56. The number of hydrogen-bond donors (Lipinski definition) is 1. The number of furan rings is 1. The number of nitrogens with one attached hydrogen (secondary N) is 1. The van der Waals surface area contributed by atoms with Crippen molar-refractivity contribution in [2.75, 3.05) is 26.7 Å². The van der Waals surface area contributed by atoms with Gasteiger partial charge in [-0.05, 0) is 26.5 Å². The van der Waals surface area contributed by atoms with E-state index in [4.69, 9.17) is 9.15 Å². The van der Waals surface area contributed by atoms with Gasteiger partial charge in [0, 0.05) is 37.8 Å². The summed E-state index contributed by atoms with van der Waals surface area (Å²) >= 11 is 0. The molecule has 17 heavy (non-hydrogen) atoms. The van der Waals surface area contributed by atoms with Crippen LogP contribution in [0.1, 0.15) is 18.9 Å². The Labute approximate surface area is 103 Å². The van der Waals surface area contributed by atoms with E-state index in [-0.39, 0.29) is 0 Å². The molecule has 96 valence electrons. The Kier molecular flexibility index (Phi) is 4.59. The van der Waals surface area contributed by atoms with Gasteiger partial charge in [-0.15, -0.1) is 0 Å². The summed E-state index contributed by atoms with van der Waals surface area (Å²) < 4.78 is 10.6. The first-order chi connectivity index (χ1) is 8.27. The average Bonchev–Trinajstić information content (AvgIpc) is 2.95. The second kappa shape index (κ2) is 6.19. The van der Waals surface area contributed by atoms with Gasteiger partial charge in [-0.2, -0.15) is 0 Å². The van der Waals surface area contributed by atoms with Crippen molar-refractivity contribution in [3.05, 3.63) is 24.2 Å². The van der Waals surface area contributed by atoms with E-state index in [1.54, 1.807) is 12.5 Å². The molecule has 0 saturated carbocycles. The number of hydrogen-bond acceptors (Lipinski definition) is 4. The fraction of sp³-hybridized carbons (Fsp3) is 0.692. The largest absolute Gasteiger partial charge is 0.472 e. The van der Waals surface area contributed by atoms with E-state index in [0.717, 1.165) is 32.7 Å². The summed E-state index contributed by atoms with van der Waals surface area (Å²) in [5, 5.41) is 3.41. The maximum Gasteiger partial charge on any atom is 0.0947 e. The van der Waals surface area contributed by atoms with Crippen molar-refractivity contribution < 1.29 is 9.15 Å². The molecule has 2 unspecified atom stereocenters. The number of ether oxygens (including phenoxy) is 1. The van der Waals surface area contributed by atoms with Gasteiger partial charge in [-0.1, -0.05) is 0 Å². The molecular formula is C13H22N2O2. The standard InChI is InChI=1S/C13H22N2O2/c1-11-13(4-8-17-11)15(2)6-5-14-9-12-3-7-16-10-12/h3,7,10-11,13-14H,4-6,8-9H2,1-2H3. The van der Waals surface area contributed by atoms with E-state index in [0.29, 0.717) is 12.1 Å². The van der Waals surface area contributed by atoms with Crippen LogP contribution in [-0.2, 0) is 11.3 Å². The van der Waals surface area contributed by atoms with Crippen molar-refractivity contribution in [1.29, 1.82) is 0 Å². The molecular weight excluding hydrogens is 216 g/mol. The van der Waals surface area contributed by atoms with Crippen LogP contribution in [0.25, 0.3) is 0 Å². The first kappa shape index (κ1) is 12.6. The highest BCUT2D eigenvalue weighted by Gasteiger charge is 2.27. The summed E-state index contributed by atoms with van der Waals surface area (Å²) in [4.78, 5) is 2.39. The van der Waals surface area contributed by atoms with E-state index < -0.39 is 0 Å². The quantitative estimate of drug-likeness (QED) is 0.762. The lowest BCUT2D eigenvalue weighted by Crippen LogP contribution is -2.40. The highest BCUT2D eigenvalue weighted by Crippen LogP contribution is 2.17. The molecule has 0 aliphatic carbocycles. The van der Waals surface area contributed by atoms with Crippen molar-refractivity contribution in [3.8, 4) is 0 Å². The van der Waals surface area contributed by atoms with Crippen LogP contribution in [0.4, 0.5) is 0 Å². The van der Waals surface area contributed by atoms with E-state index in [2.05, 4.69) is 24.2 Å².